The number of carbonyl (C=O) groups is 2. The molecular weight excluding hydrogens is 743 g/mol. The first-order chi connectivity index (χ1) is 27.6. The Bertz CT molecular complexity index is 1850. The summed E-state index contributed by atoms with van der Waals surface area (Å²) in [7, 11) is -1.47. The van der Waals surface area contributed by atoms with Crippen LogP contribution in [0.1, 0.15) is 51.7 Å². The van der Waals surface area contributed by atoms with Crippen molar-refractivity contribution in [1.29, 1.82) is 0 Å². The number of benzene rings is 4. The number of ketones is 1. The summed E-state index contributed by atoms with van der Waals surface area (Å²) in [5.74, 6) is -0.0737. The molecule has 57 heavy (non-hydrogen) atoms. The van der Waals surface area contributed by atoms with E-state index in [9.17, 15) is 9.59 Å². The zero-order valence-electron chi connectivity index (χ0n) is 33.3. The van der Waals surface area contributed by atoms with Crippen molar-refractivity contribution in [3.63, 3.8) is 0 Å². The van der Waals surface area contributed by atoms with Gasteiger partial charge in [-0.1, -0.05) is 129 Å². The van der Waals surface area contributed by atoms with E-state index in [4.69, 9.17) is 38.4 Å². The fraction of sp³-hybridized carbons (Fsp3) is 0.409. The van der Waals surface area contributed by atoms with Crippen LogP contribution in [0.3, 0.4) is 0 Å². The van der Waals surface area contributed by atoms with Crippen LogP contribution in [0, 0.1) is 0 Å². The van der Waals surface area contributed by atoms with Gasteiger partial charge < -0.3 is 37.6 Å². The molecule has 1 saturated heterocycles. The van der Waals surface area contributed by atoms with Gasteiger partial charge in [-0.3, -0.25) is 4.79 Å². The Kier molecular flexibility index (Phi) is 16.0. The molecule has 0 aliphatic carbocycles. The minimum atomic E-state index is -3.08. The summed E-state index contributed by atoms with van der Waals surface area (Å²) in [6.45, 7) is 8.38. The number of methoxy groups -OCH3 is 1. The summed E-state index contributed by atoms with van der Waals surface area (Å²) < 4.78 is 45.4. The van der Waals surface area contributed by atoms with Crippen LogP contribution in [0.25, 0.3) is 10.4 Å². The summed E-state index contributed by atoms with van der Waals surface area (Å²) in [4.78, 5) is 28.1. The van der Waals surface area contributed by atoms with Crippen LogP contribution in [0.5, 0.6) is 5.75 Å². The van der Waals surface area contributed by atoms with Gasteiger partial charge in [0, 0.05) is 17.9 Å². The first-order valence-corrected chi connectivity index (χ1v) is 21.1. The highest BCUT2D eigenvalue weighted by Crippen LogP contribution is 2.38. The predicted octanol–water partition coefficient (Wildman–Crippen LogP) is 7.08. The largest absolute Gasteiger partial charge is 0.497 e. The lowest BCUT2D eigenvalue weighted by Crippen LogP contribution is -2.68. The molecular formula is C44H53N3O9Si. The molecule has 0 unspecified atom stereocenters. The Labute approximate surface area is 336 Å². The molecule has 4 aromatic carbocycles. The van der Waals surface area contributed by atoms with E-state index >= 15 is 0 Å². The summed E-state index contributed by atoms with van der Waals surface area (Å²) in [6, 6.07) is 37.8. The Hall–Kier alpha value is -4.85. The number of ether oxygens (including phenoxy) is 6. The fourth-order valence-corrected chi connectivity index (χ4v) is 11.6. The molecule has 1 heterocycles. The highest BCUT2D eigenvalue weighted by Gasteiger charge is 2.54. The maximum Gasteiger partial charge on any atom is 0.306 e. The number of Topliss-reactive ketones (excluding diaryl/α,β-unsaturated/α-hetero) is 1. The molecule has 5 rings (SSSR count). The minimum Gasteiger partial charge on any atom is -0.497 e. The standard InChI is InChI=1S/C44H53N3O9Si/c1-32(48)21-26-39(49)56-42-41(53-30-34-22-24-35(50-5)25-23-34)40(52-29-33-15-9-6-10-16-33)38(55-43(42)51-28-27-46-47-45)31-54-57(44(2,3)4,36-17-11-7-12-18-36)37-19-13-8-14-20-37/h6-20,22-25,38,40-43H,21,26-31H2,1-5H3/t38-,40+,41+,42-,43-/m1/s1. The highest BCUT2D eigenvalue weighted by atomic mass is 28.4. The number of hydrogen-bond acceptors (Lipinski definition) is 10. The first-order valence-electron chi connectivity index (χ1n) is 19.2. The third-order valence-corrected chi connectivity index (χ3v) is 14.8. The highest BCUT2D eigenvalue weighted by molar-refractivity contribution is 6.99. The Morgan fingerprint density at radius 1 is 0.754 bits per heavy atom. The Morgan fingerprint density at radius 2 is 1.32 bits per heavy atom. The van der Waals surface area contributed by atoms with E-state index in [1.807, 2.05) is 91.0 Å². The molecule has 0 bridgehead atoms. The van der Waals surface area contributed by atoms with E-state index in [0.29, 0.717) is 5.75 Å². The topological polar surface area (TPSA) is 148 Å². The van der Waals surface area contributed by atoms with Gasteiger partial charge >= 0.3 is 5.97 Å². The van der Waals surface area contributed by atoms with Gasteiger partial charge in [-0.25, -0.2) is 0 Å². The third-order valence-electron chi connectivity index (χ3n) is 9.84. The molecule has 12 nitrogen and oxygen atoms in total. The van der Waals surface area contributed by atoms with Gasteiger partial charge in [0.2, 0.25) is 0 Å². The molecule has 0 amide bonds. The monoisotopic (exact) mass is 795 g/mol. The van der Waals surface area contributed by atoms with Crippen LogP contribution >= 0.6 is 0 Å². The smallest absolute Gasteiger partial charge is 0.306 e. The van der Waals surface area contributed by atoms with Crippen LogP contribution in [0.2, 0.25) is 5.04 Å². The van der Waals surface area contributed by atoms with Crippen LogP contribution in [-0.4, -0.2) is 77.6 Å². The zero-order valence-corrected chi connectivity index (χ0v) is 34.3. The molecule has 1 aliphatic heterocycles. The lowest BCUT2D eigenvalue weighted by Gasteiger charge is -2.48. The molecule has 0 aromatic heterocycles. The number of carbonyl (C=O) groups excluding carboxylic acids is 2. The Balaban J connectivity index is 1.59. The van der Waals surface area contributed by atoms with E-state index < -0.39 is 45.0 Å². The molecule has 13 heteroatoms. The second-order valence-corrected chi connectivity index (χ2v) is 19.2. The van der Waals surface area contributed by atoms with Crippen molar-refractivity contribution in [2.45, 2.75) is 89.5 Å². The van der Waals surface area contributed by atoms with Crippen molar-refractivity contribution in [3.8, 4) is 5.75 Å². The molecule has 1 fully saturated rings. The van der Waals surface area contributed by atoms with Crippen molar-refractivity contribution in [2.24, 2.45) is 5.11 Å². The molecule has 0 N–H and O–H groups in total. The Morgan fingerprint density at radius 3 is 1.86 bits per heavy atom. The maximum atomic E-state index is 13.4. The molecule has 0 radical (unpaired) electrons. The molecule has 1 aliphatic rings. The van der Waals surface area contributed by atoms with Crippen molar-refractivity contribution < 1.29 is 42.4 Å². The van der Waals surface area contributed by atoms with Crippen molar-refractivity contribution in [1.82, 2.24) is 0 Å². The normalized spacial score (nSPS) is 19.6. The van der Waals surface area contributed by atoms with Crippen molar-refractivity contribution >= 4 is 30.4 Å². The van der Waals surface area contributed by atoms with Crippen molar-refractivity contribution in [2.75, 3.05) is 26.9 Å². The lowest BCUT2D eigenvalue weighted by atomic mass is 9.98. The molecule has 0 spiro atoms. The SMILES string of the molecule is COc1ccc(CO[C@H]2[C@@H](OCc3ccccc3)[C@@H](CO[Si](c3ccccc3)(c3ccccc3)C(C)(C)C)O[C@@H](OCCN=[N+]=[N-])[C@@H]2OC(=O)CCC(C)=O)cc1. The molecule has 302 valence electrons. The van der Waals surface area contributed by atoms with Crippen LogP contribution in [0.4, 0.5) is 0 Å². The van der Waals surface area contributed by atoms with Gasteiger partial charge in [-0.05, 0) is 51.1 Å². The van der Waals surface area contributed by atoms with Gasteiger partial charge in [0.15, 0.2) is 12.4 Å². The van der Waals surface area contributed by atoms with Gasteiger partial charge in [0.05, 0.1) is 40.0 Å². The van der Waals surface area contributed by atoms with Crippen LogP contribution < -0.4 is 15.1 Å². The minimum absolute atomic E-state index is 0.00901. The van der Waals surface area contributed by atoms with E-state index in [1.54, 1.807) is 7.11 Å². The predicted molar refractivity (Wildman–Crippen MR) is 219 cm³/mol. The van der Waals surface area contributed by atoms with Crippen molar-refractivity contribution in [3.05, 3.63) is 137 Å². The number of nitrogens with zero attached hydrogens (tertiary/aromatic N) is 3. The second-order valence-electron chi connectivity index (χ2n) is 14.9. The number of azide groups is 1. The van der Waals surface area contributed by atoms with Gasteiger partial charge in [0.1, 0.15) is 29.8 Å². The summed E-state index contributed by atoms with van der Waals surface area (Å²) >= 11 is 0. The van der Waals surface area contributed by atoms with E-state index in [0.717, 1.165) is 21.5 Å². The van der Waals surface area contributed by atoms with E-state index in [1.165, 1.54) is 6.92 Å². The lowest BCUT2D eigenvalue weighted by molar-refractivity contribution is -0.318. The van der Waals surface area contributed by atoms with Crippen LogP contribution in [0.15, 0.2) is 120 Å². The van der Waals surface area contributed by atoms with Gasteiger partial charge in [-0.15, -0.1) is 0 Å². The molecule has 5 atom stereocenters. The molecule has 0 saturated carbocycles. The third kappa shape index (κ3) is 11.6. The average Bonchev–Trinajstić information content (AvgIpc) is 3.22. The quantitative estimate of drug-likeness (QED) is 0.0229. The van der Waals surface area contributed by atoms with E-state index in [2.05, 4.69) is 55.1 Å². The van der Waals surface area contributed by atoms with Crippen LogP contribution in [-0.2, 0) is 50.9 Å². The number of esters is 1. The fourth-order valence-electron chi connectivity index (χ4n) is 7.06. The maximum absolute atomic E-state index is 13.4. The second kappa shape index (κ2) is 21.1. The summed E-state index contributed by atoms with van der Waals surface area (Å²) in [5, 5.41) is 5.47. The summed E-state index contributed by atoms with van der Waals surface area (Å²) in [5.41, 5.74) is 10.7. The number of rotatable bonds is 20. The number of hydrogen-bond donors (Lipinski definition) is 0. The van der Waals surface area contributed by atoms with Gasteiger partial charge in [0.25, 0.3) is 8.32 Å². The average molecular weight is 796 g/mol. The summed E-state index contributed by atoms with van der Waals surface area (Å²) in [6.07, 6.45) is -5.03. The molecule has 4 aromatic rings. The first kappa shape index (κ1) is 43.3. The van der Waals surface area contributed by atoms with Gasteiger partial charge in [-0.2, -0.15) is 0 Å². The van der Waals surface area contributed by atoms with E-state index in [-0.39, 0.29) is 56.6 Å². The zero-order chi connectivity index (χ0) is 40.7.